The van der Waals surface area contributed by atoms with Gasteiger partial charge in [-0.1, -0.05) is 30.3 Å². The largest absolute Gasteiger partial charge is 0.383 e. The van der Waals surface area contributed by atoms with E-state index in [-0.39, 0.29) is 13.1 Å². The van der Waals surface area contributed by atoms with Gasteiger partial charge in [0.1, 0.15) is 11.4 Å². The Morgan fingerprint density at radius 1 is 1.27 bits per heavy atom. The maximum atomic E-state index is 13.7. The van der Waals surface area contributed by atoms with E-state index in [1.165, 1.54) is 4.90 Å². The van der Waals surface area contributed by atoms with Crippen molar-refractivity contribution >= 4 is 5.91 Å². The summed E-state index contributed by atoms with van der Waals surface area (Å²) in [6.45, 7) is 0.330. The topological polar surface area (TPSA) is 53.4 Å². The molecular formula is C16H14F2N2O2. The number of β-amino-alcohol motifs (C(OH)–C–C–N with tert-alkyl or cyclic N) is 1. The number of aromatic nitrogens is 1. The lowest BCUT2D eigenvalue weighted by Crippen LogP contribution is -2.35. The molecule has 0 unspecified atom stereocenters. The van der Waals surface area contributed by atoms with E-state index < -0.39 is 28.8 Å². The van der Waals surface area contributed by atoms with Gasteiger partial charge in [-0.3, -0.25) is 4.79 Å². The number of hydrogen-bond donors (Lipinski definition) is 1. The highest BCUT2D eigenvalue weighted by Gasteiger charge is 2.40. The van der Waals surface area contributed by atoms with Crippen molar-refractivity contribution in [3.05, 3.63) is 65.5 Å². The smallest absolute Gasteiger partial charge is 0.275 e. The number of aliphatic hydroxyl groups is 1. The molecule has 2 heterocycles. The molecule has 0 aliphatic carbocycles. The van der Waals surface area contributed by atoms with Crippen molar-refractivity contribution in [2.24, 2.45) is 0 Å². The lowest BCUT2D eigenvalue weighted by Gasteiger charge is -2.23. The second kappa shape index (κ2) is 5.46. The second-order valence-electron chi connectivity index (χ2n) is 5.36. The Hall–Kier alpha value is -2.34. The molecule has 2 aromatic rings. The van der Waals surface area contributed by atoms with Crippen molar-refractivity contribution < 1.29 is 18.7 Å². The van der Waals surface area contributed by atoms with Crippen molar-refractivity contribution in [1.82, 2.24) is 9.88 Å². The van der Waals surface area contributed by atoms with Crippen LogP contribution in [0.4, 0.5) is 8.78 Å². The van der Waals surface area contributed by atoms with Crippen molar-refractivity contribution in [3.8, 4) is 0 Å². The zero-order valence-corrected chi connectivity index (χ0v) is 11.7. The number of rotatable bonds is 2. The van der Waals surface area contributed by atoms with Gasteiger partial charge in [-0.15, -0.1) is 0 Å². The highest BCUT2D eigenvalue weighted by atomic mass is 19.1. The molecule has 22 heavy (non-hydrogen) atoms. The Bertz CT molecular complexity index is 709. The maximum absolute atomic E-state index is 13.7. The van der Waals surface area contributed by atoms with E-state index in [4.69, 9.17) is 0 Å². The van der Waals surface area contributed by atoms with Crippen LogP contribution in [0.15, 0.2) is 42.6 Å². The Morgan fingerprint density at radius 3 is 2.68 bits per heavy atom. The van der Waals surface area contributed by atoms with Crippen LogP contribution in [-0.4, -0.2) is 34.0 Å². The molecule has 1 saturated heterocycles. The average molecular weight is 304 g/mol. The molecule has 3 rings (SSSR count). The predicted octanol–water partition coefficient (Wildman–Crippen LogP) is 2.09. The minimum atomic E-state index is -1.16. The number of halogens is 2. The monoisotopic (exact) mass is 304 g/mol. The van der Waals surface area contributed by atoms with Crippen molar-refractivity contribution in [3.63, 3.8) is 0 Å². The average Bonchev–Trinajstić information content (AvgIpc) is 2.91. The SMILES string of the molecule is O=C(c1ncc(F)cc1F)N1CC[C@@](O)(c2ccccc2)C1. The summed E-state index contributed by atoms with van der Waals surface area (Å²) in [5.74, 6) is -2.49. The van der Waals surface area contributed by atoms with E-state index in [1.54, 1.807) is 24.3 Å². The molecule has 1 aromatic heterocycles. The van der Waals surface area contributed by atoms with Gasteiger partial charge in [-0.2, -0.15) is 0 Å². The molecule has 4 nitrogen and oxygen atoms in total. The number of amides is 1. The van der Waals surface area contributed by atoms with Gasteiger partial charge in [0, 0.05) is 12.6 Å². The first-order chi connectivity index (χ1) is 10.5. The fraction of sp³-hybridized carbons (Fsp3) is 0.250. The highest BCUT2D eigenvalue weighted by molar-refractivity contribution is 5.92. The number of pyridine rings is 1. The van der Waals surface area contributed by atoms with Gasteiger partial charge in [0.2, 0.25) is 0 Å². The zero-order valence-electron chi connectivity index (χ0n) is 11.7. The number of benzene rings is 1. The molecule has 0 radical (unpaired) electrons. The fourth-order valence-electron chi connectivity index (χ4n) is 2.67. The van der Waals surface area contributed by atoms with Crippen LogP contribution in [0.25, 0.3) is 0 Å². The summed E-state index contributed by atoms with van der Waals surface area (Å²) < 4.78 is 26.5. The number of nitrogens with zero attached hydrogens (tertiary/aromatic N) is 2. The van der Waals surface area contributed by atoms with E-state index in [2.05, 4.69) is 4.98 Å². The van der Waals surface area contributed by atoms with Gasteiger partial charge in [-0.25, -0.2) is 13.8 Å². The van der Waals surface area contributed by atoms with Crippen molar-refractivity contribution in [2.75, 3.05) is 13.1 Å². The van der Waals surface area contributed by atoms with Gasteiger partial charge in [0.05, 0.1) is 12.7 Å². The van der Waals surface area contributed by atoms with Gasteiger partial charge >= 0.3 is 0 Å². The molecule has 1 aliphatic heterocycles. The molecule has 1 fully saturated rings. The molecule has 0 bridgehead atoms. The van der Waals surface area contributed by atoms with E-state index in [1.807, 2.05) is 6.07 Å². The highest BCUT2D eigenvalue weighted by Crippen LogP contribution is 2.32. The Morgan fingerprint density at radius 2 is 2.00 bits per heavy atom. The summed E-state index contributed by atoms with van der Waals surface area (Å²) in [6.07, 6.45) is 1.15. The van der Waals surface area contributed by atoms with Crippen LogP contribution >= 0.6 is 0 Å². The summed E-state index contributed by atoms with van der Waals surface area (Å²) in [5.41, 5.74) is -0.885. The Kier molecular flexibility index (Phi) is 3.62. The summed E-state index contributed by atoms with van der Waals surface area (Å²) in [7, 11) is 0. The molecule has 1 aliphatic rings. The Balaban J connectivity index is 1.82. The molecule has 1 amide bonds. The summed E-state index contributed by atoms with van der Waals surface area (Å²) >= 11 is 0. The summed E-state index contributed by atoms with van der Waals surface area (Å²) in [5, 5.41) is 10.7. The number of carbonyl (C=O) groups excluding carboxylic acids is 1. The molecule has 0 spiro atoms. The minimum absolute atomic E-state index is 0.0499. The van der Waals surface area contributed by atoms with Gasteiger partial charge in [0.25, 0.3) is 5.91 Å². The molecule has 1 atom stereocenters. The van der Waals surface area contributed by atoms with Gasteiger partial charge in [0.15, 0.2) is 11.5 Å². The molecule has 114 valence electrons. The molecule has 0 saturated carbocycles. The van der Waals surface area contributed by atoms with Crippen LogP contribution in [-0.2, 0) is 5.60 Å². The normalized spacial score (nSPS) is 21.1. The summed E-state index contributed by atoms with van der Waals surface area (Å²) in [4.78, 5) is 17.1. The number of carbonyl (C=O) groups is 1. The van der Waals surface area contributed by atoms with Crippen molar-refractivity contribution in [2.45, 2.75) is 12.0 Å². The van der Waals surface area contributed by atoms with Crippen LogP contribution in [0, 0.1) is 11.6 Å². The predicted molar refractivity (Wildman–Crippen MR) is 75.0 cm³/mol. The van der Waals surface area contributed by atoms with Crippen LogP contribution in [0.3, 0.4) is 0 Å². The minimum Gasteiger partial charge on any atom is -0.383 e. The maximum Gasteiger partial charge on any atom is 0.275 e. The number of likely N-dealkylation sites (tertiary alicyclic amines) is 1. The second-order valence-corrected chi connectivity index (χ2v) is 5.36. The molecule has 6 heteroatoms. The van der Waals surface area contributed by atoms with Crippen LogP contribution in [0.5, 0.6) is 0 Å². The van der Waals surface area contributed by atoms with Gasteiger partial charge < -0.3 is 10.0 Å². The fourth-order valence-corrected chi connectivity index (χ4v) is 2.67. The van der Waals surface area contributed by atoms with Crippen LogP contribution < -0.4 is 0 Å². The van der Waals surface area contributed by atoms with Crippen molar-refractivity contribution in [1.29, 1.82) is 0 Å². The first-order valence-electron chi connectivity index (χ1n) is 6.88. The quantitative estimate of drug-likeness (QED) is 0.924. The molecular weight excluding hydrogens is 290 g/mol. The van der Waals surface area contributed by atoms with E-state index in [0.717, 1.165) is 6.20 Å². The molecule has 1 aromatic carbocycles. The van der Waals surface area contributed by atoms with Crippen LogP contribution in [0.2, 0.25) is 0 Å². The summed E-state index contributed by atoms with van der Waals surface area (Å²) in [6, 6.07) is 9.63. The first-order valence-corrected chi connectivity index (χ1v) is 6.88. The lowest BCUT2D eigenvalue weighted by atomic mass is 9.93. The lowest BCUT2D eigenvalue weighted by molar-refractivity contribution is 0.0414. The third kappa shape index (κ3) is 2.57. The van der Waals surface area contributed by atoms with Gasteiger partial charge in [-0.05, 0) is 12.0 Å². The first kappa shape index (κ1) is 14.6. The van der Waals surface area contributed by atoms with E-state index in [0.29, 0.717) is 18.1 Å². The zero-order chi connectivity index (χ0) is 15.7. The van der Waals surface area contributed by atoms with E-state index in [9.17, 15) is 18.7 Å². The third-order valence-corrected chi connectivity index (χ3v) is 3.86. The number of hydrogen-bond acceptors (Lipinski definition) is 3. The molecule has 1 N–H and O–H groups in total. The van der Waals surface area contributed by atoms with E-state index >= 15 is 0 Å². The third-order valence-electron chi connectivity index (χ3n) is 3.86. The Labute approximate surface area is 126 Å². The van der Waals surface area contributed by atoms with Crippen LogP contribution in [0.1, 0.15) is 22.5 Å². The standard InChI is InChI=1S/C16H14F2N2O2/c17-12-8-13(18)14(19-9-12)15(21)20-7-6-16(22,10-20)11-4-2-1-3-5-11/h1-5,8-9,22H,6-7,10H2/t16-/m0/s1.